The Hall–Kier alpha value is -0.220. The van der Waals surface area contributed by atoms with E-state index in [0.717, 1.165) is 32.1 Å². The van der Waals surface area contributed by atoms with E-state index < -0.39 is 5.41 Å². The van der Waals surface area contributed by atoms with Crippen molar-refractivity contribution in [1.82, 2.24) is 0 Å². The first kappa shape index (κ1) is 16.0. The molecule has 6 rings (SSSR count). The van der Waals surface area contributed by atoms with Crippen molar-refractivity contribution in [2.45, 2.75) is 63.3 Å². The highest BCUT2D eigenvalue weighted by Crippen LogP contribution is 2.82. The van der Waals surface area contributed by atoms with Crippen molar-refractivity contribution in [3.05, 3.63) is 0 Å². The minimum atomic E-state index is -0.646. The summed E-state index contributed by atoms with van der Waals surface area (Å²) < 4.78 is 6.05. The van der Waals surface area contributed by atoms with Crippen LogP contribution in [0, 0.1) is 39.9 Å². The van der Waals surface area contributed by atoms with E-state index in [4.69, 9.17) is 4.74 Å². The van der Waals surface area contributed by atoms with Crippen LogP contribution in [0.2, 0.25) is 0 Å². The summed E-state index contributed by atoms with van der Waals surface area (Å²) >= 11 is 3.86. The number of rotatable bonds is 1. The minimum absolute atomic E-state index is 0.0352. The van der Waals surface area contributed by atoms with Gasteiger partial charge in [-0.3, -0.25) is 9.59 Å². The number of fused-ring (bicyclic) bond motifs is 1. The molecule has 1 spiro atoms. The van der Waals surface area contributed by atoms with Crippen molar-refractivity contribution in [1.29, 1.82) is 0 Å². The lowest BCUT2D eigenvalue weighted by atomic mass is 9.40. The lowest BCUT2D eigenvalue weighted by molar-refractivity contribution is -0.198. The monoisotopic (exact) mass is 394 g/mol. The van der Waals surface area contributed by atoms with Gasteiger partial charge in [-0.15, -0.1) is 0 Å². The molecule has 6 aliphatic rings. The molecule has 132 valence electrons. The zero-order valence-electron chi connectivity index (χ0n) is 15.0. The van der Waals surface area contributed by atoms with Crippen LogP contribution in [-0.2, 0) is 14.3 Å². The van der Waals surface area contributed by atoms with Gasteiger partial charge in [-0.05, 0) is 62.2 Å². The molecule has 0 aromatic heterocycles. The number of ether oxygens (including phenoxy) is 1. The summed E-state index contributed by atoms with van der Waals surface area (Å²) in [5.74, 6) is 1.65. The second-order valence-corrected chi connectivity index (χ2v) is 10.9. The fourth-order valence-corrected chi connectivity index (χ4v) is 8.83. The molecule has 0 N–H and O–H groups in total. The second-order valence-electron chi connectivity index (χ2n) is 9.81. The highest BCUT2D eigenvalue weighted by atomic mass is 79.9. The summed E-state index contributed by atoms with van der Waals surface area (Å²) in [5, 5.41) is 0. The van der Waals surface area contributed by atoms with Gasteiger partial charge in [0.15, 0.2) is 11.6 Å². The average Bonchev–Trinajstić information content (AvgIpc) is 3.14. The number of methoxy groups -OCH3 is 1. The molecule has 9 atom stereocenters. The number of hydrogen-bond donors (Lipinski definition) is 0. The van der Waals surface area contributed by atoms with Gasteiger partial charge in [0.2, 0.25) is 0 Å². The fourth-order valence-electron chi connectivity index (χ4n) is 8.09. The van der Waals surface area contributed by atoms with Crippen molar-refractivity contribution >= 4 is 27.5 Å². The molecular formula is C20H27BrO3. The van der Waals surface area contributed by atoms with Gasteiger partial charge in [-0.2, -0.15) is 0 Å². The van der Waals surface area contributed by atoms with Crippen LogP contribution < -0.4 is 0 Å². The van der Waals surface area contributed by atoms with E-state index >= 15 is 0 Å². The van der Waals surface area contributed by atoms with Gasteiger partial charge in [-0.25, -0.2) is 0 Å². The van der Waals surface area contributed by atoms with Crippen molar-refractivity contribution < 1.29 is 14.3 Å². The van der Waals surface area contributed by atoms with Gasteiger partial charge in [0.25, 0.3) is 0 Å². The Kier molecular flexibility index (Phi) is 2.79. The van der Waals surface area contributed by atoms with Crippen LogP contribution in [0.15, 0.2) is 0 Å². The van der Waals surface area contributed by atoms with E-state index in [9.17, 15) is 9.59 Å². The second kappa shape index (κ2) is 4.19. The summed E-state index contributed by atoms with van der Waals surface area (Å²) in [6.07, 6.45) is 4.92. The van der Waals surface area contributed by atoms with Crippen LogP contribution in [0.1, 0.15) is 52.9 Å². The molecule has 0 saturated heterocycles. The molecule has 0 amide bonds. The minimum Gasteiger partial charge on any atom is -0.377 e. The summed E-state index contributed by atoms with van der Waals surface area (Å²) in [6, 6.07) is 0. The Bertz CT molecular complexity index is 676. The van der Waals surface area contributed by atoms with Crippen molar-refractivity contribution in [2.24, 2.45) is 39.9 Å². The molecule has 24 heavy (non-hydrogen) atoms. The first-order valence-corrected chi connectivity index (χ1v) is 10.4. The van der Waals surface area contributed by atoms with E-state index in [1.807, 2.05) is 7.11 Å². The summed E-state index contributed by atoms with van der Waals surface area (Å²) in [4.78, 5) is 26.9. The predicted molar refractivity (Wildman–Crippen MR) is 93.8 cm³/mol. The van der Waals surface area contributed by atoms with Gasteiger partial charge < -0.3 is 4.74 Å². The quantitative estimate of drug-likeness (QED) is 0.502. The molecule has 0 aliphatic heterocycles. The Balaban J connectivity index is 1.63. The van der Waals surface area contributed by atoms with Gasteiger partial charge in [0.05, 0.1) is 11.0 Å². The topological polar surface area (TPSA) is 43.4 Å². The molecule has 0 heterocycles. The van der Waals surface area contributed by atoms with Crippen LogP contribution in [0.25, 0.3) is 0 Å². The third-order valence-corrected chi connectivity index (χ3v) is 10.9. The Labute approximate surface area is 152 Å². The maximum atomic E-state index is 13.3. The van der Waals surface area contributed by atoms with Crippen molar-refractivity contribution in [3.63, 3.8) is 0 Å². The molecule has 6 fully saturated rings. The number of carbonyl (C=O) groups is 2. The van der Waals surface area contributed by atoms with Crippen LogP contribution in [-0.4, -0.2) is 29.1 Å². The standard InChI is InChI=1S/C20H27BrO3/c1-17-7-6-13(21)19(3,24-4)11(17)5-8-20-12(17)9-10-14(15(20)22)18(10,2)16(20)23/h10-14H,5-9H2,1-4H3/t10-,11-,12-,13-,14?,17+,18+,19-,20-/m0/s1. The number of alkyl halides is 1. The lowest BCUT2D eigenvalue weighted by Crippen LogP contribution is -2.66. The molecule has 0 aromatic rings. The average molecular weight is 395 g/mol. The van der Waals surface area contributed by atoms with E-state index in [2.05, 4.69) is 36.7 Å². The van der Waals surface area contributed by atoms with E-state index in [-0.39, 0.29) is 28.3 Å². The zero-order valence-corrected chi connectivity index (χ0v) is 16.6. The summed E-state index contributed by atoms with van der Waals surface area (Å²) in [6.45, 7) is 6.65. The summed E-state index contributed by atoms with van der Waals surface area (Å²) in [5.41, 5.74) is -1.12. The SMILES string of the molecule is CO[C@]1(C)[C@@H](Br)CC[C@@]2(C)[C@@H]3C[C@H]4C5C(=O)[C@@]3(CC[C@@H]21)C(=O)[C@@]54C. The van der Waals surface area contributed by atoms with Crippen LogP contribution >= 0.6 is 15.9 Å². The Morgan fingerprint density at radius 2 is 1.79 bits per heavy atom. The maximum absolute atomic E-state index is 13.3. The normalized spacial score (nSPS) is 63.8. The highest BCUT2D eigenvalue weighted by Gasteiger charge is 2.87. The van der Waals surface area contributed by atoms with Crippen LogP contribution in [0.4, 0.5) is 0 Å². The number of carbonyl (C=O) groups excluding carboxylic acids is 2. The largest absolute Gasteiger partial charge is 0.377 e. The number of halogens is 1. The molecule has 6 aliphatic carbocycles. The predicted octanol–water partition coefficient (Wildman–Crippen LogP) is 3.78. The third kappa shape index (κ3) is 1.31. The third-order valence-electron chi connectivity index (χ3n) is 9.52. The van der Waals surface area contributed by atoms with Gasteiger partial charge in [0.1, 0.15) is 0 Å². The fraction of sp³-hybridized carbons (Fsp3) is 0.900. The maximum Gasteiger partial charge on any atom is 0.153 e. The molecule has 0 aromatic carbocycles. The Morgan fingerprint density at radius 1 is 1.08 bits per heavy atom. The molecule has 3 nitrogen and oxygen atoms in total. The van der Waals surface area contributed by atoms with Gasteiger partial charge in [-0.1, -0.05) is 29.8 Å². The number of hydrogen-bond acceptors (Lipinski definition) is 3. The molecular weight excluding hydrogens is 368 g/mol. The molecule has 4 bridgehead atoms. The van der Waals surface area contributed by atoms with Gasteiger partial charge >= 0.3 is 0 Å². The molecule has 0 radical (unpaired) electrons. The van der Waals surface area contributed by atoms with Crippen LogP contribution in [0.5, 0.6) is 0 Å². The van der Waals surface area contributed by atoms with Crippen LogP contribution in [0.3, 0.4) is 0 Å². The van der Waals surface area contributed by atoms with E-state index in [1.54, 1.807) is 0 Å². The molecule has 1 unspecified atom stereocenters. The zero-order chi connectivity index (χ0) is 17.3. The first-order chi connectivity index (χ1) is 11.2. The van der Waals surface area contributed by atoms with Crippen molar-refractivity contribution in [3.8, 4) is 0 Å². The molecule has 4 heteroatoms. The summed E-state index contributed by atoms with van der Waals surface area (Å²) in [7, 11) is 1.82. The highest BCUT2D eigenvalue weighted by molar-refractivity contribution is 9.09. The van der Waals surface area contributed by atoms with E-state index in [0.29, 0.717) is 28.2 Å². The number of ketones is 2. The van der Waals surface area contributed by atoms with Gasteiger partial charge in [0, 0.05) is 23.3 Å². The first-order valence-electron chi connectivity index (χ1n) is 9.47. The van der Waals surface area contributed by atoms with Crippen molar-refractivity contribution in [2.75, 3.05) is 7.11 Å². The Morgan fingerprint density at radius 3 is 2.38 bits per heavy atom. The number of Topliss-reactive ketones (excluding diaryl/α,β-unsaturated/α-hetero) is 2. The lowest BCUT2D eigenvalue weighted by Gasteiger charge is -2.64. The van der Waals surface area contributed by atoms with E-state index in [1.165, 1.54) is 0 Å². The smallest absolute Gasteiger partial charge is 0.153 e. The molecule has 6 saturated carbocycles.